The Morgan fingerprint density at radius 1 is 1.10 bits per heavy atom. The Hall–Kier alpha value is -3.22. The number of ether oxygens (including phenoxy) is 1. The fourth-order valence-electron chi connectivity index (χ4n) is 4.09. The zero-order valence-electron chi connectivity index (χ0n) is 17.3. The fraction of sp³-hybridized carbons (Fsp3) is 0.391. The van der Waals surface area contributed by atoms with E-state index in [0.717, 1.165) is 30.3 Å². The molecule has 0 unspecified atom stereocenters. The van der Waals surface area contributed by atoms with E-state index in [4.69, 9.17) is 9.72 Å². The predicted octanol–water partition coefficient (Wildman–Crippen LogP) is 3.74. The number of carbonyl (C=O) groups excluding carboxylic acids is 2. The number of anilines is 1. The number of rotatable bonds is 7. The number of fused-ring (bicyclic) bond motifs is 3. The Bertz CT molecular complexity index is 1050. The molecule has 0 aliphatic carbocycles. The largest absolute Gasteiger partial charge is 0.465 e. The zero-order valence-corrected chi connectivity index (χ0v) is 17.3. The molecule has 1 amide bonds. The Morgan fingerprint density at radius 2 is 1.90 bits per heavy atom. The second kappa shape index (κ2) is 8.65. The average Bonchev–Trinajstić information content (AvgIpc) is 3.14. The van der Waals surface area contributed by atoms with Crippen LogP contribution in [0.2, 0.25) is 0 Å². The van der Waals surface area contributed by atoms with Crippen molar-refractivity contribution < 1.29 is 14.3 Å². The molecule has 0 N–H and O–H groups in total. The summed E-state index contributed by atoms with van der Waals surface area (Å²) in [5.74, 6) is -1.25. The van der Waals surface area contributed by atoms with Crippen molar-refractivity contribution in [1.82, 2.24) is 14.5 Å². The summed E-state index contributed by atoms with van der Waals surface area (Å²) >= 11 is 0. The van der Waals surface area contributed by atoms with Gasteiger partial charge in [-0.25, -0.2) is 4.98 Å². The van der Waals surface area contributed by atoms with Crippen molar-refractivity contribution in [2.24, 2.45) is 5.92 Å². The SMILES string of the molecule is CCCCCN1C(=O)[C@H](C(=O)OCC)[C@H](c2ccccn2)n2c1nc1ccccc12. The molecule has 0 saturated heterocycles. The standard InChI is InChI=1S/C23H26N4O3/c1-3-5-10-15-26-21(28)19(22(29)30-4-2)20(17-12-8-9-14-24-17)27-18-13-7-6-11-16(18)25-23(26)27/h6-9,11-14,19-20H,3-5,10,15H2,1-2H3/t19-,20+/m1/s1. The Labute approximate surface area is 175 Å². The summed E-state index contributed by atoms with van der Waals surface area (Å²) in [6.07, 6.45) is 4.55. The lowest BCUT2D eigenvalue weighted by atomic mass is 9.92. The monoisotopic (exact) mass is 406 g/mol. The van der Waals surface area contributed by atoms with E-state index >= 15 is 0 Å². The molecule has 7 nitrogen and oxygen atoms in total. The summed E-state index contributed by atoms with van der Waals surface area (Å²) in [5, 5.41) is 0. The maximum absolute atomic E-state index is 13.6. The zero-order chi connectivity index (χ0) is 21.1. The van der Waals surface area contributed by atoms with Gasteiger partial charge in [0.25, 0.3) is 0 Å². The molecule has 30 heavy (non-hydrogen) atoms. The van der Waals surface area contributed by atoms with Gasteiger partial charge in [0.1, 0.15) is 6.04 Å². The van der Waals surface area contributed by atoms with Gasteiger partial charge in [-0.05, 0) is 37.6 Å². The average molecular weight is 406 g/mol. The van der Waals surface area contributed by atoms with E-state index in [2.05, 4.69) is 11.9 Å². The molecule has 0 spiro atoms. The summed E-state index contributed by atoms with van der Waals surface area (Å²) in [6.45, 7) is 4.59. The van der Waals surface area contributed by atoms with Crippen LogP contribution in [-0.2, 0) is 14.3 Å². The molecule has 3 heterocycles. The van der Waals surface area contributed by atoms with E-state index in [0.29, 0.717) is 18.2 Å². The maximum Gasteiger partial charge on any atom is 0.321 e. The molecular weight excluding hydrogens is 380 g/mol. The van der Waals surface area contributed by atoms with Crippen molar-refractivity contribution in [3.05, 3.63) is 54.4 Å². The van der Waals surface area contributed by atoms with Crippen LogP contribution in [0.5, 0.6) is 0 Å². The molecule has 156 valence electrons. The van der Waals surface area contributed by atoms with E-state index in [9.17, 15) is 9.59 Å². The number of para-hydroxylation sites is 2. The summed E-state index contributed by atoms with van der Waals surface area (Å²) < 4.78 is 7.31. The first-order valence-electron chi connectivity index (χ1n) is 10.5. The van der Waals surface area contributed by atoms with Gasteiger partial charge < -0.3 is 4.74 Å². The van der Waals surface area contributed by atoms with Crippen molar-refractivity contribution in [2.45, 2.75) is 39.2 Å². The van der Waals surface area contributed by atoms with Crippen LogP contribution >= 0.6 is 0 Å². The van der Waals surface area contributed by atoms with Crippen LogP contribution < -0.4 is 4.90 Å². The second-order valence-electron chi connectivity index (χ2n) is 7.40. The third-order valence-electron chi connectivity index (χ3n) is 5.46. The normalized spacial score (nSPS) is 18.5. The Morgan fingerprint density at radius 3 is 2.63 bits per heavy atom. The molecule has 3 aromatic rings. The third kappa shape index (κ3) is 3.44. The highest BCUT2D eigenvalue weighted by Crippen LogP contribution is 2.40. The van der Waals surface area contributed by atoms with Crippen LogP contribution in [0.25, 0.3) is 11.0 Å². The summed E-state index contributed by atoms with van der Waals surface area (Å²) in [5.41, 5.74) is 2.29. The van der Waals surface area contributed by atoms with E-state index in [1.165, 1.54) is 0 Å². The number of imidazole rings is 1. The van der Waals surface area contributed by atoms with E-state index in [-0.39, 0.29) is 12.5 Å². The highest BCUT2D eigenvalue weighted by molar-refractivity contribution is 6.08. The highest BCUT2D eigenvalue weighted by Gasteiger charge is 2.48. The molecule has 0 saturated carbocycles. The highest BCUT2D eigenvalue weighted by atomic mass is 16.5. The minimum Gasteiger partial charge on any atom is -0.465 e. The minimum atomic E-state index is -1.01. The summed E-state index contributed by atoms with van der Waals surface area (Å²) in [4.78, 5) is 37.5. The number of amides is 1. The molecule has 1 aromatic carbocycles. The Balaban J connectivity index is 1.93. The topological polar surface area (TPSA) is 77.3 Å². The van der Waals surface area contributed by atoms with Crippen LogP contribution in [-0.4, -0.2) is 39.6 Å². The van der Waals surface area contributed by atoms with Crippen molar-refractivity contribution in [1.29, 1.82) is 0 Å². The first-order valence-corrected chi connectivity index (χ1v) is 10.5. The van der Waals surface area contributed by atoms with Gasteiger partial charge in [0, 0.05) is 12.7 Å². The van der Waals surface area contributed by atoms with E-state index in [1.807, 2.05) is 47.0 Å². The summed E-state index contributed by atoms with van der Waals surface area (Å²) in [7, 11) is 0. The third-order valence-corrected chi connectivity index (χ3v) is 5.46. The van der Waals surface area contributed by atoms with Gasteiger partial charge in [0.15, 0.2) is 5.92 Å². The van der Waals surface area contributed by atoms with Crippen molar-refractivity contribution >= 4 is 28.9 Å². The number of pyridine rings is 1. The maximum atomic E-state index is 13.6. The molecule has 4 rings (SSSR count). The van der Waals surface area contributed by atoms with Gasteiger partial charge in [0.2, 0.25) is 11.9 Å². The molecule has 7 heteroatoms. The second-order valence-corrected chi connectivity index (χ2v) is 7.40. The van der Waals surface area contributed by atoms with Gasteiger partial charge in [-0.1, -0.05) is 38.0 Å². The lowest BCUT2D eigenvalue weighted by Gasteiger charge is -2.37. The van der Waals surface area contributed by atoms with Gasteiger partial charge in [-0.3, -0.25) is 24.0 Å². The van der Waals surface area contributed by atoms with Gasteiger partial charge >= 0.3 is 5.97 Å². The van der Waals surface area contributed by atoms with Gasteiger partial charge in [0.05, 0.1) is 23.3 Å². The number of carbonyl (C=O) groups is 2. The number of unbranched alkanes of at least 4 members (excludes halogenated alkanes) is 2. The van der Waals surface area contributed by atoms with E-state index in [1.54, 1.807) is 18.0 Å². The number of hydrogen-bond donors (Lipinski definition) is 0. The van der Waals surface area contributed by atoms with Crippen LogP contribution in [0, 0.1) is 5.92 Å². The quantitative estimate of drug-likeness (QED) is 0.339. The van der Waals surface area contributed by atoms with Crippen LogP contribution in [0.4, 0.5) is 5.95 Å². The van der Waals surface area contributed by atoms with E-state index < -0.39 is 17.9 Å². The molecule has 2 aromatic heterocycles. The number of benzene rings is 1. The molecule has 0 bridgehead atoms. The fourth-order valence-corrected chi connectivity index (χ4v) is 4.09. The van der Waals surface area contributed by atoms with Crippen LogP contribution in [0.15, 0.2) is 48.7 Å². The lowest BCUT2D eigenvalue weighted by molar-refractivity contribution is -0.153. The molecular formula is C23H26N4O3. The van der Waals surface area contributed by atoms with Crippen molar-refractivity contribution in [3.63, 3.8) is 0 Å². The molecule has 0 radical (unpaired) electrons. The molecule has 1 aliphatic heterocycles. The number of aromatic nitrogens is 3. The smallest absolute Gasteiger partial charge is 0.321 e. The van der Waals surface area contributed by atoms with Gasteiger partial charge in [-0.2, -0.15) is 0 Å². The predicted molar refractivity (Wildman–Crippen MR) is 114 cm³/mol. The van der Waals surface area contributed by atoms with Gasteiger partial charge in [-0.15, -0.1) is 0 Å². The molecule has 2 atom stereocenters. The molecule has 1 aliphatic rings. The van der Waals surface area contributed by atoms with Crippen LogP contribution in [0.3, 0.4) is 0 Å². The summed E-state index contributed by atoms with van der Waals surface area (Å²) in [6, 6.07) is 12.7. The Kier molecular flexibility index (Phi) is 5.79. The minimum absolute atomic E-state index is 0.213. The first-order chi connectivity index (χ1) is 14.7. The molecule has 0 fully saturated rings. The lowest BCUT2D eigenvalue weighted by Crippen LogP contribution is -2.50. The van der Waals surface area contributed by atoms with Crippen molar-refractivity contribution in [2.75, 3.05) is 18.1 Å². The first kappa shape index (κ1) is 20.1. The number of hydrogen-bond acceptors (Lipinski definition) is 5. The number of nitrogens with zero attached hydrogens (tertiary/aromatic N) is 4. The number of esters is 1. The van der Waals surface area contributed by atoms with Crippen LogP contribution in [0.1, 0.15) is 44.8 Å². The van der Waals surface area contributed by atoms with Crippen molar-refractivity contribution in [3.8, 4) is 0 Å².